The Morgan fingerprint density at radius 1 is 1.56 bits per heavy atom. The lowest BCUT2D eigenvalue weighted by molar-refractivity contribution is -0.128. The molecule has 1 unspecified atom stereocenters. The molecule has 0 bridgehead atoms. The zero-order valence-electron chi connectivity index (χ0n) is 10.1. The molecule has 0 aromatic rings. The molecule has 1 heterocycles. The molecule has 16 heavy (non-hydrogen) atoms. The fraction of sp³-hybridized carbons (Fsp3) is 0.917. The molecular formula is C12H22N2O2. The normalized spacial score (nSPS) is 27.5. The van der Waals surface area contributed by atoms with Gasteiger partial charge in [0.05, 0.1) is 0 Å². The van der Waals surface area contributed by atoms with E-state index in [0.717, 1.165) is 26.1 Å². The van der Waals surface area contributed by atoms with Crippen LogP contribution < -0.4 is 5.73 Å². The maximum atomic E-state index is 11.8. The number of hydrogen-bond acceptors (Lipinski definition) is 3. The molecule has 1 aliphatic heterocycles. The molecule has 1 atom stereocenters. The lowest BCUT2D eigenvalue weighted by atomic mass is 10.0. The summed E-state index contributed by atoms with van der Waals surface area (Å²) in [5.74, 6) is 0.671. The third-order valence-corrected chi connectivity index (χ3v) is 3.95. The molecule has 4 heteroatoms. The first-order chi connectivity index (χ1) is 7.69. The monoisotopic (exact) mass is 226 g/mol. The van der Waals surface area contributed by atoms with E-state index in [1.54, 1.807) is 7.11 Å². The van der Waals surface area contributed by atoms with Gasteiger partial charge in [0, 0.05) is 33.2 Å². The van der Waals surface area contributed by atoms with Crippen LogP contribution in [0.5, 0.6) is 0 Å². The van der Waals surface area contributed by atoms with E-state index in [0.29, 0.717) is 30.2 Å². The van der Waals surface area contributed by atoms with Gasteiger partial charge in [-0.3, -0.25) is 4.79 Å². The summed E-state index contributed by atoms with van der Waals surface area (Å²) in [6, 6.07) is 0. The van der Waals surface area contributed by atoms with Gasteiger partial charge in [0.15, 0.2) is 0 Å². The van der Waals surface area contributed by atoms with Crippen molar-refractivity contribution in [2.75, 3.05) is 33.4 Å². The van der Waals surface area contributed by atoms with Crippen molar-refractivity contribution in [3.63, 3.8) is 0 Å². The van der Waals surface area contributed by atoms with Crippen molar-refractivity contribution < 1.29 is 9.53 Å². The molecule has 92 valence electrons. The average Bonchev–Trinajstić information content (AvgIpc) is 2.95. The van der Waals surface area contributed by atoms with Crippen LogP contribution in [0.1, 0.15) is 25.7 Å². The lowest BCUT2D eigenvalue weighted by Gasteiger charge is -2.23. The Hall–Kier alpha value is -0.610. The standard InChI is InChI=1S/C12H22N2O2/c1-16-5-4-12(2-3-12)9-14-8-10(7-13)6-11(14)15/h10H,2-9,13H2,1H3. The van der Waals surface area contributed by atoms with Crippen LogP contribution in [-0.2, 0) is 9.53 Å². The molecule has 1 saturated heterocycles. The van der Waals surface area contributed by atoms with Gasteiger partial charge in [0.1, 0.15) is 0 Å². The highest BCUT2D eigenvalue weighted by Gasteiger charge is 2.45. The van der Waals surface area contributed by atoms with Crippen molar-refractivity contribution in [2.45, 2.75) is 25.7 Å². The number of methoxy groups -OCH3 is 1. The molecule has 0 aromatic carbocycles. The Bertz CT molecular complexity index is 264. The van der Waals surface area contributed by atoms with E-state index < -0.39 is 0 Å². The van der Waals surface area contributed by atoms with E-state index in [-0.39, 0.29) is 0 Å². The second-order valence-corrected chi connectivity index (χ2v) is 5.32. The summed E-state index contributed by atoms with van der Waals surface area (Å²) in [5.41, 5.74) is 5.99. The lowest BCUT2D eigenvalue weighted by Crippen LogP contribution is -2.33. The van der Waals surface area contributed by atoms with Gasteiger partial charge < -0.3 is 15.4 Å². The van der Waals surface area contributed by atoms with Gasteiger partial charge in [-0.05, 0) is 37.1 Å². The summed E-state index contributed by atoms with van der Waals surface area (Å²) >= 11 is 0. The Morgan fingerprint density at radius 3 is 2.81 bits per heavy atom. The van der Waals surface area contributed by atoms with Crippen molar-refractivity contribution >= 4 is 5.91 Å². The number of amides is 1. The molecule has 2 N–H and O–H groups in total. The zero-order chi connectivity index (χ0) is 11.6. The van der Waals surface area contributed by atoms with Gasteiger partial charge in [-0.2, -0.15) is 0 Å². The van der Waals surface area contributed by atoms with E-state index in [1.807, 2.05) is 4.90 Å². The molecule has 2 fully saturated rings. The van der Waals surface area contributed by atoms with Crippen molar-refractivity contribution in [1.82, 2.24) is 4.90 Å². The zero-order valence-corrected chi connectivity index (χ0v) is 10.1. The number of nitrogens with two attached hydrogens (primary N) is 1. The molecule has 1 saturated carbocycles. The number of nitrogens with zero attached hydrogens (tertiary/aromatic N) is 1. The summed E-state index contributed by atoms with van der Waals surface area (Å²) in [4.78, 5) is 13.8. The predicted octanol–water partition coefficient (Wildman–Crippen LogP) is 0.610. The first kappa shape index (κ1) is 11.9. The van der Waals surface area contributed by atoms with Crippen molar-refractivity contribution in [2.24, 2.45) is 17.1 Å². The summed E-state index contributed by atoms with van der Waals surface area (Å²) in [7, 11) is 1.74. The minimum absolute atomic E-state index is 0.291. The first-order valence-electron chi connectivity index (χ1n) is 6.16. The third kappa shape index (κ3) is 2.55. The Balaban J connectivity index is 1.83. The molecular weight excluding hydrogens is 204 g/mol. The van der Waals surface area contributed by atoms with Gasteiger partial charge in [-0.15, -0.1) is 0 Å². The van der Waals surface area contributed by atoms with Gasteiger partial charge in [0.25, 0.3) is 0 Å². The van der Waals surface area contributed by atoms with Gasteiger partial charge in [0.2, 0.25) is 5.91 Å². The van der Waals surface area contributed by atoms with E-state index in [1.165, 1.54) is 12.8 Å². The topological polar surface area (TPSA) is 55.6 Å². The Morgan fingerprint density at radius 2 is 2.31 bits per heavy atom. The number of hydrogen-bond donors (Lipinski definition) is 1. The van der Waals surface area contributed by atoms with Gasteiger partial charge in [-0.1, -0.05) is 0 Å². The van der Waals surface area contributed by atoms with Crippen LogP contribution in [0, 0.1) is 11.3 Å². The van der Waals surface area contributed by atoms with Crippen LogP contribution in [0.25, 0.3) is 0 Å². The van der Waals surface area contributed by atoms with Crippen LogP contribution in [0.15, 0.2) is 0 Å². The van der Waals surface area contributed by atoms with Crippen LogP contribution in [0.3, 0.4) is 0 Å². The largest absolute Gasteiger partial charge is 0.385 e. The summed E-state index contributed by atoms with van der Waals surface area (Å²) in [5, 5.41) is 0. The number of carbonyl (C=O) groups is 1. The smallest absolute Gasteiger partial charge is 0.222 e. The van der Waals surface area contributed by atoms with Crippen LogP contribution >= 0.6 is 0 Å². The Kier molecular flexibility index (Phi) is 3.50. The molecule has 2 rings (SSSR count). The van der Waals surface area contributed by atoms with Crippen molar-refractivity contribution in [1.29, 1.82) is 0 Å². The SMILES string of the molecule is COCCC1(CN2CC(CN)CC2=O)CC1. The van der Waals surface area contributed by atoms with E-state index in [2.05, 4.69) is 0 Å². The van der Waals surface area contributed by atoms with E-state index in [9.17, 15) is 4.79 Å². The molecule has 1 aliphatic carbocycles. The molecule has 4 nitrogen and oxygen atoms in total. The minimum Gasteiger partial charge on any atom is -0.385 e. The van der Waals surface area contributed by atoms with Crippen LogP contribution in [-0.4, -0.2) is 44.2 Å². The fourth-order valence-corrected chi connectivity index (χ4v) is 2.55. The second kappa shape index (κ2) is 4.72. The van der Waals surface area contributed by atoms with Crippen LogP contribution in [0.2, 0.25) is 0 Å². The maximum absolute atomic E-state index is 11.8. The minimum atomic E-state index is 0.291. The van der Waals surface area contributed by atoms with Crippen molar-refractivity contribution in [3.8, 4) is 0 Å². The summed E-state index contributed by atoms with van der Waals surface area (Å²) in [6.45, 7) is 3.23. The molecule has 0 spiro atoms. The van der Waals surface area contributed by atoms with E-state index in [4.69, 9.17) is 10.5 Å². The average molecular weight is 226 g/mol. The number of rotatable bonds is 6. The maximum Gasteiger partial charge on any atom is 0.222 e. The third-order valence-electron chi connectivity index (χ3n) is 3.95. The number of likely N-dealkylation sites (tertiary alicyclic amines) is 1. The van der Waals surface area contributed by atoms with Crippen LogP contribution in [0.4, 0.5) is 0 Å². The fourth-order valence-electron chi connectivity index (χ4n) is 2.55. The molecule has 1 amide bonds. The van der Waals surface area contributed by atoms with Crippen molar-refractivity contribution in [3.05, 3.63) is 0 Å². The Labute approximate surface area is 97.1 Å². The summed E-state index contributed by atoms with van der Waals surface area (Å²) < 4.78 is 5.13. The summed E-state index contributed by atoms with van der Waals surface area (Å²) in [6.07, 6.45) is 4.22. The highest BCUT2D eigenvalue weighted by molar-refractivity contribution is 5.78. The van der Waals surface area contributed by atoms with Gasteiger partial charge >= 0.3 is 0 Å². The first-order valence-corrected chi connectivity index (χ1v) is 6.16. The number of ether oxygens (including phenoxy) is 1. The number of carbonyl (C=O) groups excluding carboxylic acids is 1. The molecule has 0 radical (unpaired) electrons. The second-order valence-electron chi connectivity index (χ2n) is 5.32. The quantitative estimate of drug-likeness (QED) is 0.722. The molecule has 0 aromatic heterocycles. The van der Waals surface area contributed by atoms with Gasteiger partial charge in [-0.25, -0.2) is 0 Å². The predicted molar refractivity (Wildman–Crippen MR) is 61.9 cm³/mol. The highest BCUT2D eigenvalue weighted by Crippen LogP contribution is 2.49. The molecule has 2 aliphatic rings. The van der Waals surface area contributed by atoms with E-state index >= 15 is 0 Å². The highest BCUT2D eigenvalue weighted by atomic mass is 16.5.